The normalized spacial score (nSPS) is 12.6. The van der Waals surface area contributed by atoms with Crippen molar-refractivity contribution in [3.05, 3.63) is 22.2 Å². The Morgan fingerprint density at radius 1 is 1.18 bits per heavy atom. The molecule has 0 bridgehead atoms. The van der Waals surface area contributed by atoms with Crippen molar-refractivity contribution in [1.29, 1.82) is 0 Å². The maximum Gasteiger partial charge on any atom is 0.242 e. The molecule has 1 aromatic carbocycles. The number of nitrogens with zero attached hydrogens (tertiary/aromatic N) is 1. The summed E-state index contributed by atoms with van der Waals surface area (Å²) in [6.45, 7) is -0.120. The molecule has 0 heterocycles. The fourth-order valence-electron chi connectivity index (χ4n) is 1.45. The summed E-state index contributed by atoms with van der Waals surface area (Å²) in [4.78, 5) is -0.207. The van der Waals surface area contributed by atoms with Crippen molar-refractivity contribution >= 4 is 43.2 Å². The molecule has 1 rings (SSSR count). The van der Waals surface area contributed by atoms with Gasteiger partial charge < -0.3 is 4.74 Å². The van der Waals surface area contributed by atoms with Gasteiger partial charge in [-0.15, -0.1) is 0 Å². The van der Waals surface area contributed by atoms with Crippen LogP contribution in [0.15, 0.2) is 17.0 Å². The molecule has 0 fully saturated rings. The van der Waals surface area contributed by atoms with E-state index in [9.17, 15) is 16.8 Å². The van der Waals surface area contributed by atoms with Crippen LogP contribution in [0.25, 0.3) is 0 Å². The van der Waals surface area contributed by atoms with Crippen LogP contribution in [-0.4, -0.2) is 54.6 Å². The molecule has 0 amide bonds. The second-order valence-electron chi connectivity index (χ2n) is 4.40. The van der Waals surface area contributed by atoms with Gasteiger partial charge in [-0.25, -0.2) is 25.9 Å². The first-order valence-electron chi connectivity index (χ1n) is 5.93. The van der Waals surface area contributed by atoms with Crippen LogP contribution in [0.2, 0.25) is 10.0 Å². The molecular weight excluding hydrogens is 375 g/mol. The minimum Gasteiger partial charge on any atom is -0.495 e. The number of rotatable bonds is 7. The molecule has 0 saturated carbocycles. The zero-order valence-electron chi connectivity index (χ0n) is 12.1. The highest BCUT2D eigenvalue weighted by molar-refractivity contribution is 7.89. The molecule has 0 unspecified atom stereocenters. The summed E-state index contributed by atoms with van der Waals surface area (Å²) in [5.74, 6) is 0.252. The van der Waals surface area contributed by atoms with Gasteiger partial charge in [-0.05, 0) is 6.07 Å². The van der Waals surface area contributed by atoms with E-state index in [1.165, 1.54) is 26.3 Å². The van der Waals surface area contributed by atoms with Crippen molar-refractivity contribution in [2.45, 2.75) is 4.90 Å². The first kappa shape index (κ1) is 19.5. The van der Waals surface area contributed by atoms with Gasteiger partial charge in [0, 0.05) is 26.2 Å². The molecule has 0 saturated heterocycles. The van der Waals surface area contributed by atoms with Crippen molar-refractivity contribution in [3.8, 4) is 5.75 Å². The number of halogens is 2. The Morgan fingerprint density at radius 2 is 1.77 bits per heavy atom. The molecule has 0 aliphatic carbocycles. The third-order valence-corrected chi connectivity index (χ3v) is 6.32. The summed E-state index contributed by atoms with van der Waals surface area (Å²) in [5.41, 5.74) is 0. The number of sulfonamides is 2. The third-order valence-electron chi connectivity index (χ3n) is 2.78. The van der Waals surface area contributed by atoms with E-state index in [0.29, 0.717) is 0 Å². The molecule has 0 aliphatic rings. The molecule has 11 heteroatoms. The molecule has 126 valence electrons. The molecule has 0 aliphatic heterocycles. The van der Waals surface area contributed by atoms with Crippen LogP contribution >= 0.6 is 23.2 Å². The average molecular weight is 391 g/mol. The summed E-state index contributed by atoms with van der Waals surface area (Å²) in [5, 5.41) is 0.0470. The van der Waals surface area contributed by atoms with Gasteiger partial charge in [0.2, 0.25) is 20.0 Å². The molecule has 1 N–H and O–H groups in total. The van der Waals surface area contributed by atoms with Gasteiger partial charge in [-0.3, -0.25) is 0 Å². The third kappa shape index (κ3) is 4.97. The van der Waals surface area contributed by atoms with Crippen LogP contribution in [0.3, 0.4) is 0 Å². The number of ether oxygens (including phenoxy) is 1. The van der Waals surface area contributed by atoms with Crippen molar-refractivity contribution in [2.75, 3.05) is 33.5 Å². The van der Waals surface area contributed by atoms with Crippen molar-refractivity contribution in [1.82, 2.24) is 9.03 Å². The second-order valence-corrected chi connectivity index (χ2v) is 9.04. The van der Waals surface area contributed by atoms with E-state index in [0.717, 1.165) is 10.6 Å². The van der Waals surface area contributed by atoms with E-state index in [1.54, 1.807) is 0 Å². The molecule has 0 radical (unpaired) electrons. The van der Waals surface area contributed by atoms with Gasteiger partial charge in [0.25, 0.3) is 0 Å². The highest BCUT2D eigenvalue weighted by atomic mass is 35.5. The van der Waals surface area contributed by atoms with Crippen molar-refractivity contribution in [2.24, 2.45) is 0 Å². The molecular formula is C11H16Cl2N2O5S2. The van der Waals surface area contributed by atoms with Gasteiger partial charge in [0.1, 0.15) is 10.6 Å². The molecule has 0 atom stereocenters. The Bertz CT molecular complexity index is 750. The number of hydrogen-bond acceptors (Lipinski definition) is 5. The van der Waals surface area contributed by atoms with E-state index in [1.807, 2.05) is 0 Å². The van der Waals surface area contributed by atoms with Crippen LogP contribution in [-0.2, 0) is 20.0 Å². The Kier molecular flexibility index (Phi) is 6.48. The zero-order chi connectivity index (χ0) is 17.1. The molecule has 7 nitrogen and oxygen atoms in total. The standard InChI is InChI=1S/C11H16Cl2N2O5S2/c1-15(21(3,16)17)5-4-14-22(18,19)11-7-8(12)10(20-2)6-9(11)13/h6-7,14H,4-5H2,1-3H3. The maximum absolute atomic E-state index is 12.2. The lowest BCUT2D eigenvalue weighted by molar-refractivity contribution is 0.414. The smallest absolute Gasteiger partial charge is 0.242 e. The summed E-state index contributed by atoms with van der Waals surface area (Å²) in [7, 11) is -4.57. The predicted molar refractivity (Wildman–Crippen MR) is 85.7 cm³/mol. The average Bonchev–Trinajstić information content (AvgIpc) is 2.39. The highest BCUT2D eigenvalue weighted by Crippen LogP contribution is 2.33. The van der Waals surface area contributed by atoms with Crippen LogP contribution in [0.5, 0.6) is 5.75 Å². The minimum atomic E-state index is -3.92. The van der Waals surface area contributed by atoms with Crippen LogP contribution < -0.4 is 9.46 Å². The fraction of sp³-hybridized carbons (Fsp3) is 0.455. The minimum absolute atomic E-state index is 0.0143. The first-order chi connectivity index (χ1) is 9.99. The lowest BCUT2D eigenvalue weighted by Crippen LogP contribution is -2.35. The Labute approximate surface area is 140 Å². The van der Waals surface area contributed by atoms with Gasteiger partial charge >= 0.3 is 0 Å². The van der Waals surface area contributed by atoms with E-state index < -0.39 is 20.0 Å². The second kappa shape index (κ2) is 7.33. The molecule has 0 aromatic heterocycles. The number of benzene rings is 1. The summed E-state index contributed by atoms with van der Waals surface area (Å²) in [6.07, 6.45) is 1.03. The van der Waals surface area contributed by atoms with Crippen LogP contribution in [0, 0.1) is 0 Å². The largest absolute Gasteiger partial charge is 0.495 e. The number of hydrogen-bond donors (Lipinski definition) is 1. The molecule has 1 aromatic rings. The SMILES string of the molecule is COc1cc(Cl)c(S(=O)(=O)NCCN(C)S(C)(=O)=O)cc1Cl. The lowest BCUT2D eigenvalue weighted by Gasteiger charge is -2.15. The topological polar surface area (TPSA) is 92.8 Å². The Balaban J connectivity index is 2.90. The zero-order valence-corrected chi connectivity index (χ0v) is 15.3. The van der Waals surface area contributed by atoms with E-state index in [2.05, 4.69) is 4.72 Å². The van der Waals surface area contributed by atoms with E-state index in [4.69, 9.17) is 27.9 Å². The molecule has 0 spiro atoms. The van der Waals surface area contributed by atoms with Crippen LogP contribution in [0.1, 0.15) is 0 Å². The lowest BCUT2D eigenvalue weighted by atomic mass is 10.3. The van der Waals surface area contributed by atoms with Crippen molar-refractivity contribution in [3.63, 3.8) is 0 Å². The summed E-state index contributed by atoms with van der Waals surface area (Å²) in [6, 6.07) is 2.46. The monoisotopic (exact) mass is 390 g/mol. The van der Waals surface area contributed by atoms with Gasteiger partial charge in [-0.1, -0.05) is 23.2 Å². The maximum atomic E-state index is 12.2. The predicted octanol–water partition coefficient (Wildman–Crippen LogP) is 1.17. The van der Waals surface area contributed by atoms with Crippen LogP contribution in [0.4, 0.5) is 0 Å². The van der Waals surface area contributed by atoms with E-state index >= 15 is 0 Å². The summed E-state index contributed by atoms with van der Waals surface area (Å²) < 4.78 is 55.0. The summed E-state index contributed by atoms with van der Waals surface area (Å²) >= 11 is 11.8. The quantitative estimate of drug-likeness (QED) is 0.753. The van der Waals surface area contributed by atoms with Gasteiger partial charge in [0.15, 0.2) is 0 Å². The van der Waals surface area contributed by atoms with Gasteiger partial charge in [0.05, 0.1) is 23.4 Å². The Morgan fingerprint density at radius 3 is 2.27 bits per heavy atom. The first-order valence-corrected chi connectivity index (χ1v) is 10.0. The number of nitrogens with one attached hydrogen (secondary N) is 1. The van der Waals surface area contributed by atoms with Gasteiger partial charge in [-0.2, -0.15) is 0 Å². The van der Waals surface area contributed by atoms with E-state index in [-0.39, 0.29) is 33.8 Å². The van der Waals surface area contributed by atoms with Crippen molar-refractivity contribution < 1.29 is 21.6 Å². The fourth-order valence-corrected chi connectivity index (χ4v) is 3.74. The number of likely N-dealkylation sites (N-methyl/N-ethyl adjacent to an activating group) is 1. The Hall–Kier alpha value is -0.580. The number of methoxy groups -OCH3 is 1. The molecule has 22 heavy (non-hydrogen) atoms. The highest BCUT2D eigenvalue weighted by Gasteiger charge is 2.21.